The first-order chi connectivity index (χ1) is 7.68. The van der Waals surface area contributed by atoms with E-state index in [-0.39, 0.29) is 11.9 Å². The fourth-order valence-corrected chi connectivity index (χ4v) is 2.25. The van der Waals surface area contributed by atoms with E-state index in [1.54, 1.807) is 11.4 Å². The smallest absolute Gasteiger partial charge is 0.263 e. The number of aromatic amines is 1. The fourth-order valence-electron chi connectivity index (χ4n) is 1.21. The van der Waals surface area contributed by atoms with Gasteiger partial charge in [-0.05, 0) is 18.4 Å². The van der Waals surface area contributed by atoms with Crippen molar-refractivity contribution in [1.82, 2.24) is 20.5 Å². The molecule has 2 aromatic heterocycles. The van der Waals surface area contributed by atoms with Crippen molar-refractivity contribution in [3.05, 3.63) is 33.5 Å². The van der Waals surface area contributed by atoms with E-state index in [1.165, 1.54) is 17.7 Å². The average Bonchev–Trinajstić information content (AvgIpc) is 2.86. The quantitative estimate of drug-likeness (QED) is 0.883. The van der Waals surface area contributed by atoms with Crippen LogP contribution < -0.4 is 5.32 Å². The van der Waals surface area contributed by atoms with Gasteiger partial charge < -0.3 is 5.32 Å². The standard InChI is InChI=1S/C9H9ClN4OS/c1-5(8-11-4-12-14-8)13-9(15)7-6(10)2-3-16-7/h2-5H,1H3,(H,13,15)(H,11,12,14). The summed E-state index contributed by atoms with van der Waals surface area (Å²) in [6.07, 6.45) is 1.40. The van der Waals surface area contributed by atoms with Crippen LogP contribution in [0.2, 0.25) is 5.02 Å². The van der Waals surface area contributed by atoms with Crippen LogP contribution in [0.4, 0.5) is 0 Å². The molecule has 0 aromatic carbocycles. The van der Waals surface area contributed by atoms with Crippen molar-refractivity contribution >= 4 is 28.8 Å². The number of carbonyl (C=O) groups is 1. The lowest BCUT2D eigenvalue weighted by Crippen LogP contribution is -2.26. The Kier molecular flexibility index (Phi) is 3.21. The average molecular weight is 257 g/mol. The van der Waals surface area contributed by atoms with E-state index in [4.69, 9.17) is 11.6 Å². The van der Waals surface area contributed by atoms with Crippen molar-refractivity contribution in [3.63, 3.8) is 0 Å². The molecule has 2 rings (SSSR count). The number of thiophene rings is 1. The van der Waals surface area contributed by atoms with Crippen LogP contribution in [0.1, 0.15) is 28.5 Å². The predicted molar refractivity (Wildman–Crippen MR) is 61.6 cm³/mol. The first-order valence-electron chi connectivity index (χ1n) is 4.57. The van der Waals surface area contributed by atoms with E-state index in [0.717, 1.165) is 0 Å². The van der Waals surface area contributed by atoms with Crippen molar-refractivity contribution in [3.8, 4) is 0 Å². The van der Waals surface area contributed by atoms with E-state index in [2.05, 4.69) is 20.5 Å². The fraction of sp³-hybridized carbons (Fsp3) is 0.222. The Morgan fingerprint density at radius 1 is 1.69 bits per heavy atom. The van der Waals surface area contributed by atoms with Gasteiger partial charge in [0, 0.05) is 0 Å². The second-order valence-electron chi connectivity index (χ2n) is 3.16. The maximum absolute atomic E-state index is 11.8. The Labute approximate surface area is 101 Å². The number of halogens is 1. The molecule has 0 fully saturated rings. The lowest BCUT2D eigenvalue weighted by Gasteiger charge is -2.09. The van der Waals surface area contributed by atoms with Gasteiger partial charge in [-0.3, -0.25) is 9.89 Å². The van der Waals surface area contributed by atoms with Crippen LogP contribution in [-0.2, 0) is 0 Å². The molecule has 0 bridgehead atoms. The van der Waals surface area contributed by atoms with E-state index >= 15 is 0 Å². The minimum atomic E-state index is -0.229. The molecule has 0 aliphatic carbocycles. The van der Waals surface area contributed by atoms with Gasteiger partial charge in [0.2, 0.25) is 0 Å². The zero-order valence-corrected chi connectivity index (χ0v) is 9.97. The van der Waals surface area contributed by atoms with E-state index < -0.39 is 0 Å². The van der Waals surface area contributed by atoms with E-state index in [0.29, 0.717) is 15.7 Å². The normalized spacial score (nSPS) is 12.4. The van der Waals surface area contributed by atoms with Gasteiger partial charge in [-0.25, -0.2) is 4.98 Å². The molecule has 7 heteroatoms. The van der Waals surface area contributed by atoms with Crippen molar-refractivity contribution in [2.24, 2.45) is 0 Å². The Morgan fingerprint density at radius 2 is 2.50 bits per heavy atom. The van der Waals surface area contributed by atoms with Gasteiger partial charge in [0.25, 0.3) is 5.91 Å². The van der Waals surface area contributed by atoms with Crippen LogP contribution in [0.5, 0.6) is 0 Å². The molecule has 16 heavy (non-hydrogen) atoms. The van der Waals surface area contributed by atoms with Crippen LogP contribution in [0.15, 0.2) is 17.8 Å². The Hall–Kier alpha value is -1.40. The third-order valence-electron chi connectivity index (χ3n) is 2.01. The van der Waals surface area contributed by atoms with Gasteiger partial charge in [0.15, 0.2) is 0 Å². The third-order valence-corrected chi connectivity index (χ3v) is 3.36. The highest BCUT2D eigenvalue weighted by Crippen LogP contribution is 2.22. The molecule has 2 heterocycles. The molecule has 1 amide bonds. The summed E-state index contributed by atoms with van der Waals surface area (Å²) in [5, 5.41) is 11.4. The van der Waals surface area contributed by atoms with Crippen LogP contribution >= 0.6 is 22.9 Å². The van der Waals surface area contributed by atoms with Gasteiger partial charge in [0.1, 0.15) is 17.0 Å². The number of nitrogens with zero attached hydrogens (tertiary/aromatic N) is 2. The van der Waals surface area contributed by atoms with Gasteiger partial charge in [-0.2, -0.15) is 5.10 Å². The van der Waals surface area contributed by atoms with Crippen molar-refractivity contribution in [2.45, 2.75) is 13.0 Å². The molecule has 0 saturated carbocycles. The molecular formula is C9H9ClN4OS. The largest absolute Gasteiger partial charge is 0.342 e. The van der Waals surface area contributed by atoms with Crippen LogP contribution in [-0.4, -0.2) is 21.1 Å². The van der Waals surface area contributed by atoms with Crippen molar-refractivity contribution < 1.29 is 4.79 Å². The summed E-state index contributed by atoms with van der Waals surface area (Å²) in [6.45, 7) is 1.82. The lowest BCUT2D eigenvalue weighted by molar-refractivity contribution is 0.0942. The highest BCUT2D eigenvalue weighted by Gasteiger charge is 2.16. The maximum Gasteiger partial charge on any atom is 0.263 e. The summed E-state index contributed by atoms with van der Waals surface area (Å²) in [5.74, 6) is 0.407. The minimum Gasteiger partial charge on any atom is -0.342 e. The summed E-state index contributed by atoms with van der Waals surface area (Å²) in [4.78, 5) is 16.3. The topological polar surface area (TPSA) is 70.7 Å². The number of rotatable bonds is 3. The van der Waals surface area contributed by atoms with Gasteiger partial charge in [-0.15, -0.1) is 11.3 Å². The molecule has 0 aliphatic heterocycles. The summed E-state index contributed by atoms with van der Waals surface area (Å²) in [7, 11) is 0. The molecule has 0 spiro atoms. The molecule has 0 saturated heterocycles. The third kappa shape index (κ3) is 2.23. The summed E-state index contributed by atoms with van der Waals surface area (Å²) in [6, 6.07) is 1.47. The molecule has 1 unspecified atom stereocenters. The van der Waals surface area contributed by atoms with Crippen LogP contribution in [0.25, 0.3) is 0 Å². The highest BCUT2D eigenvalue weighted by molar-refractivity contribution is 7.12. The second-order valence-corrected chi connectivity index (χ2v) is 4.49. The first kappa shape index (κ1) is 11.1. The van der Waals surface area contributed by atoms with Gasteiger partial charge in [-0.1, -0.05) is 11.6 Å². The zero-order valence-electron chi connectivity index (χ0n) is 8.40. The molecule has 2 N–H and O–H groups in total. The zero-order chi connectivity index (χ0) is 11.5. The SMILES string of the molecule is CC(NC(=O)c1sccc1Cl)c1ncn[nH]1. The van der Waals surface area contributed by atoms with E-state index in [1.807, 2.05) is 6.92 Å². The summed E-state index contributed by atoms with van der Waals surface area (Å²) >= 11 is 7.16. The molecular weight excluding hydrogens is 248 g/mol. The molecule has 84 valence electrons. The highest BCUT2D eigenvalue weighted by atomic mass is 35.5. The van der Waals surface area contributed by atoms with Crippen LogP contribution in [0.3, 0.4) is 0 Å². The number of nitrogens with one attached hydrogen (secondary N) is 2. The molecule has 2 aromatic rings. The minimum absolute atomic E-state index is 0.205. The van der Waals surface area contributed by atoms with Gasteiger partial charge >= 0.3 is 0 Å². The van der Waals surface area contributed by atoms with E-state index in [9.17, 15) is 4.79 Å². The Balaban J connectivity index is 2.06. The number of hydrogen-bond donors (Lipinski definition) is 2. The Bertz CT molecular complexity index is 481. The summed E-state index contributed by atoms with van der Waals surface area (Å²) in [5.41, 5.74) is 0. The van der Waals surface area contributed by atoms with Crippen LogP contribution in [0, 0.1) is 0 Å². The first-order valence-corrected chi connectivity index (χ1v) is 5.83. The Morgan fingerprint density at radius 3 is 3.06 bits per heavy atom. The van der Waals surface area contributed by atoms with Crippen molar-refractivity contribution in [1.29, 1.82) is 0 Å². The molecule has 5 nitrogen and oxygen atoms in total. The predicted octanol–water partition coefficient (Wildman–Crippen LogP) is 2.01. The van der Waals surface area contributed by atoms with Gasteiger partial charge in [0.05, 0.1) is 11.1 Å². The molecule has 0 radical (unpaired) electrons. The number of hydrogen-bond acceptors (Lipinski definition) is 4. The lowest BCUT2D eigenvalue weighted by atomic mass is 10.3. The number of aromatic nitrogens is 3. The summed E-state index contributed by atoms with van der Waals surface area (Å²) < 4.78 is 0. The monoisotopic (exact) mass is 256 g/mol. The number of amides is 1. The van der Waals surface area contributed by atoms with Crippen molar-refractivity contribution in [2.75, 3.05) is 0 Å². The number of H-pyrrole nitrogens is 1. The molecule has 1 atom stereocenters. The number of carbonyl (C=O) groups excluding carboxylic acids is 1. The maximum atomic E-state index is 11.8. The molecule has 0 aliphatic rings. The second kappa shape index (κ2) is 4.63.